The van der Waals surface area contributed by atoms with Gasteiger partial charge in [0.2, 0.25) is 0 Å². The molecule has 5 heteroatoms. The molecule has 0 radical (unpaired) electrons. The van der Waals surface area contributed by atoms with E-state index in [1.165, 1.54) is 19.3 Å². The van der Waals surface area contributed by atoms with Crippen molar-refractivity contribution < 1.29 is 19.4 Å². The summed E-state index contributed by atoms with van der Waals surface area (Å²) in [5, 5.41) is 9.74. The Morgan fingerprint density at radius 2 is 1.68 bits per heavy atom. The lowest BCUT2D eigenvalue weighted by Gasteiger charge is -2.55. The van der Waals surface area contributed by atoms with Crippen molar-refractivity contribution in [2.45, 2.75) is 70.8 Å². The summed E-state index contributed by atoms with van der Waals surface area (Å²) in [5.74, 6) is 1.73. The molecule has 1 saturated heterocycles. The van der Waals surface area contributed by atoms with E-state index in [2.05, 4.69) is 0 Å². The highest BCUT2D eigenvalue weighted by molar-refractivity contribution is 5.78. The van der Waals surface area contributed by atoms with Crippen LogP contribution in [0.4, 0.5) is 4.79 Å². The second kappa shape index (κ2) is 5.88. The Kier molecular flexibility index (Phi) is 4.04. The van der Waals surface area contributed by atoms with Gasteiger partial charge in [-0.3, -0.25) is 4.79 Å². The highest BCUT2D eigenvalue weighted by atomic mass is 16.6. The second-order valence-electron chi connectivity index (χ2n) is 9.82. The number of ether oxygens (including phenoxy) is 1. The number of nitrogens with zero attached hydrogens (tertiary/aromatic N) is 1. The Bertz CT molecular complexity index is 537. The van der Waals surface area contributed by atoms with Gasteiger partial charge in [0.05, 0.1) is 5.41 Å². The van der Waals surface area contributed by atoms with Crippen molar-refractivity contribution in [1.29, 1.82) is 0 Å². The van der Waals surface area contributed by atoms with Crippen LogP contribution in [0.25, 0.3) is 0 Å². The number of carbonyl (C=O) groups excluding carboxylic acids is 1. The highest BCUT2D eigenvalue weighted by Gasteiger charge is 2.54. The minimum Gasteiger partial charge on any atom is -0.481 e. The van der Waals surface area contributed by atoms with Gasteiger partial charge < -0.3 is 14.7 Å². The largest absolute Gasteiger partial charge is 0.481 e. The lowest BCUT2D eigenvalue weighted by Crippen LogP contribution is -2.54. The van der Waals surface area contributed by atoms with E-state index in [4.69, 9.17) is 4.74 Å². The summed E-state index contributed by atoms with van der Waals surface area (Å²) in [4.78, 5) is 26.4. The molecule has 25 heavy (non-hydrogen) atoms. The Balaban J connectivity index is 1.43. The Hall–Kier alpha value is -1.26. The summed E-state index contributed by atoms with van der Waals surface area (Å²) in [5.41, 5.74) is -1.05. The van der Waals surface area contributed by atoms with E-state index in [1.807, 2.05) is 13.8 Å². The summed E-state index contributed by atoms with van der Waals surface area (Å²) in [7, 11) is 0. The number of hydrogen-bond donors (Lipinski definition) is 1. The average Bonchev–Trinajstić information content (AvgIpc) is 2.90. The number of carboxylic acid groups (broad SMARTS) is 1. The molecule has 1 N–H and O–H groups in total. The Morgan fingerprint density at radius 3 is 2.16 bits per heavy atom. The number of likely N-dealkylation sites (tertiary alicyclic amines) is 1. The number of aliphatic carboxylic acids is 1. The van der Waals surface area contributed by atoms with Gasteiger partial charge in [0.15, 0.2) is 0 Å². The number of hydrogen-bond acceptors (Lipinski definition) is 3. The van der Waals surface area contributed by atoms with Crippen LogP contribution in [0.15, 0.2) is 0 Å². The lowest BCUT2D eigenvalue weighted by molar-refractivity contribution is -0.149. The molecule has 5 nitrogen and oxygen atoms in total. The third-order valence-corrected chi connectivity index (χ3v) is 7.15. The van der Waals surface area contributed by atoms with Gasteiger partial charge in [-0.05, 0) is 75.0 Å². The van der Waals surface area contributed by atoms with Crippen molar-refractivity contribution in [1.82, 2.24) is 4.90 Å². The second-order valence-corrected chi connectivity index (χ2v) is 9.82. The van der Waals surface area contributed by atoms with Crippen molar-refractivity contribution in [3.05, 3.63) is 0 Å². The van der Waals surface area contributed by atoms with Crippen LogP contribution in [0.5, 0.6) is 0 Å². The maximum atomic E-state index is 12.8. The van der Waals surface area contributed by atoms with Gasteiger partial charge in [-0.1, -0.05) is 13.8 Å². The fourth-order valence-electron chi connectivity index (χ4n) is 6.64. The van der Waals surface area contributed by atoms with Crippen LogP contribution in [-0.2, 0) is 9.53 Å². The van der Waals surface area contributed by atoms with Crippen LogP contribution in [0.2, 0.25) is 0 Å². The van der Waals surface area contributed by atoms with Crippen LogP contribution in [0.1, 0.15) is 65.2 Å². The molecule has 4 bridgehead atoms. The molecule has 0 aromatic rings. The summed E-state index contributed by atoms with van der Waals surface area (Å²) < 4.78 is 6.11. The third-order valence-electron chi connectivity index (χ3n) is 7.15. The molecule has 1 atom stereocenters. The molecular formula is C20H31NO4. The SMILES string of the molecule is CC(C)CC1(C(=O)O)CCN(C(=O)OC23CC4CC(CC(C4)C2)C3)C1. The van der Waals surface area contributed by atoms with Crippen molar-refractivity contribution in [2.75, 3.05) is 13.1 Å². The maximum absolute atomic E-state index is 12.8. The zero-order valence-corrected chi connectivity index (χ0v) is 15.5. The Labute approximate surface area is 150 Å². The molecular weight excluding hydrogens is 318 g/mol. The molecule has 5 rings (SSSR count). The van der Waals surface area contributed by atoms with Gasteiger partial charge in [0.25, 0.3) is 0 Å². The van der Waals surface area contributed by atoms with Crippen LogP contribution >= 0.6 is 0 Å². The van der Waals surface area contributed by atoms with Gasteiger partial charge in [-0.25, -0.2) is 4.79 Å². The topological polar surface area (TPSA) is 66.8 Å². The van der Waals surface area contributed by atoms with Gasteiger partial charge in [-0.15, -0.1) is 0 Å². The van der Waals surface area contributed by atoms with Gasteiger partial charge in [0, 0.05) is 13.1 Å². The smallest absolute Gasteiger partial charge is 0.410 e. The minimum atomic E-state index is -0.797. The van der Waals surface area contributed by atoms with E-state index in [0.717, 1.165) is 37.0 Å². The van der Waals surface area contributed by atoms with Gasteiger partial charge in [0.1, 0.15) is 5.60 Å². The average molecular weight is 349 g/mol. The first-order valence-electron chi connectivity index (χ1n) is 10.0. The predicted molar refractivity (Wildman–Crippen MR) is 93.1 cm³/mol. The van der Waals surface area contributed by atoms with Crippen LogP contribution in [0.3, 0.4) is 0 Å². The normalized spacial score (nSPS) is 42.2. The molecule has 1 amide bonds. The summed E-state index contributed by atoms with van der Waals surface area (Å²) in [6.45, 7) is 4.89. The zero-order chi connectivity index (χ0) is 17.8. The summed E-state index contributed by atoms with van der Waals surface area (Å²) in [6, 6.07) is 0. The van der Waals surface area contributed by atoms with E-state index in [9.17, 15) is 14.7 Å². The van der Waals surface area contributed by atoms with Crippen LogP contribution < -0.4 is 0 Å². The minimum absolute atomic E-state index is 0.252. The monoisotopic (exact) mass is 349 g/mol. The number of carbonyl (C=O) groups is 2. The maximum Gasteiger partial charge on any atom is 0.410 e. The number of rotatable bonds is 4. The van der Waals surface area contributed by atoms with Crippen molar-refractivity contribution in [3.8, 4) is 0 Å². The first-order valence-corrected chi connectivity index (χ1v) is 10.0. The summed E-state index contributed by atoms with van der Waals surface area (Å²) in [6.07, 6.45) is 7.90. The first kappa shape index (κ1) is 17.2. The van der Waals surface area contributed by atoms with Gasteiger partial charge in [-0.2, -0.15) is 0 Å². The van der Waals surface area contributed by atoms with E-state index in [1.54, 1.807) is 4.90 Å². The van der Waals surface area contributed by atoms with E-state index in [-0.39, 0.29) is 11.7 Å². The molecule has 5 aliphatic rings. The van der Waals surface area contributed by atoms with Crippen LogP contribution in [-0.4, -0.2) is 40.8 Å². The molecule has 0 aromatic heterocycles. The number of amides is 1. The molecule has 0 spiro atoms. The van der Waals surface area contributed by atoms with E-state index >= 15 is 0 Å². The first-order chi connectivity index (χ1) is 11.8. The summed E-state index contributed by atoms with van der Waals surface area (Å²) >= 11 is 0. The molecule has 4 aliphatic carbocycles. The standard InChI is InChI=1S/C20H31NO4/c1-13(2)8-19(17(22)23)3-4-21(12-19)18(24)25-20-9-14-5-15(10-20)7-16(6-14)11-20/h13-16H,3-12H2,1-2H3,(H,22,23). The Morgan fingerprint density at radius 1 is 1.12 bits per heavy atom. The van der Waals surface area contributed by atoms with Crippen molar-refractivity contribution in [2.24, 2.45) is 29.1 Å². The lowest BCUT2D eigenvalue weighted by atomic mass is 9.54. The molecule has 1 unspecified atom stereocenters. The molecule has 0 aromatic carbocycles. The van der Waals surface area contributed by atoms with Crippen molar-refractivity contribution in [3.63, 3.8) is 0 Å². The highest BCUT2D eigenvalue weighted by Crippen LogP contribution is 2.57. The van der Waals surface area contributed by atoms with Crippen molar-refractivity contribution >= 4 is 12.1 Å². The molecule has 140 valence electrons. The predicted octanol–water partition coefficient (Wildman–Crippen LogP) is 3.91. The van der Waals surface area contributed by atoms with Gasteiger partial charge >= 0.3 is 12.1 Å². The number of carboxylic acids is 1. The van der Waals surface area contributed by atoms with E-state index in [0.29, 0.717) is 31.8 Å². The quantitative estimate of drug-likeness (QED) is 0.835. The molecule has 5 fully saturated rings. The molecule has 1 aliphatic heterocycles. The zero-order valence-electron chi connectivity index (χ0n) is 15.5. The molecule has 1 heterocycles. The third kappa shape index (κ3) is 3.04. The fourth-order valence-corrected chi connectivity index (χ4v) is 6.64. The fraction of sp³-hybridized carbons (Fsp3) is 0.900. The van der Waals surface area contributed by atoms with Crippen LogP contribution in [0, 0.1) is 29.1 Å². The molecule has 4 saturated carbocycles. The van der Waals surface area contributed by atoms with E-state index < -0.39 is 11.4 Å².